The number of hydrogen-bond donors (Lipinski definition) is 1. The molecule has 1 saturated heterocycles. The van der Waals surface area contributed by atoms with Gasteiger partial charge in [0, 0.05) is 28.6 Å². The minimum atomic E-state index is -3.66. The van der Waals surface area contributed by atoms with Crippen molar-refractivity contribution in [3.05, 3.63) is 75.6 Å². The number of ether oxygens (including phenoxy) is 1. The Kier molecular flexibility index (Phi) is 7.48. The fourth-order valence-corrected chi connectivity index (χ4v) is 7.42. The van der Waals surface area contributed by atoms with Gasteiger partial charge in [-0.05, 0) is 67.4 Å². The maximum Gasteiger partial charge on any atom is 0.337 e. The third-order valence-corrected chi connectivity index (χ3v) is 10.1. The molecule has 2 aromatic heterocycles. The summed E-state index contributed by atoms with van der Waals surface area (Å²) in [6, 6.07) is 14.9. The molecule has 3 heterocycles. The summed E-state index contributed by atoms with van der Waals surface area (Å²) in [5.74, 6) is -0.704. The van der Waals surface area contributed by atoms with Crippen LogP contribution in [0.25, 0.3) is 11.0 Å². The third kappa shape index (κ3) is 5.30. The molecule has 0 aliphatic carbocycles. The Morgan fingerprint density at radius 1 is 1.08 bits per heavy atom. The van der Waals surface area contributed by atoms with Gasteiger partial charge in [0.25, 0.3) is 15.9 Å². The number of nitrogens with one attached hydrogen (secondary N) is 1. The van der Waals surface area contributed by atoms with Gasteiger partial charge in [-0.3, -0.25) is 4.79 Å². The topological polar surface area (TPSA) is 123 Å². The number of carbonyl (C=O) groups excluding carboxylic acids is 2. The SMILES string of the molecule is COC(=O)c1ccc2c(c1)nnn2C1CCN(S(=O)(=O)c2ccc(CNC(=O)c3ccc(Cl)cc3)s2)CC1. The first-order chi connectivity index (χ1) is 18.3. The molecule has 1 amide bonds. The van der Waals surface area contributed by atoms with Gasteiger partial charge in [-0.15, -0.1) is 16.4 Å². The number of fused-ring (bicyclic) bond motifs is 1. The normalized spacial score (nSPS) is 15.0. The summed E-state index contributed by atoms with van der Waals surface area (Å²) in [6.07, 6.45) is 1.15. The van der Waals surface area contributed by atoms with Crippen molar-refractivity contribution in [2.24, 2.45) is 0 Å². The van der Waals surface area contributed by atoms with Crippen molar-refractivity contribution in [1.82, 2.24) is 24.6 Å². The van der Waals surface area contributed by atoms with E-state index < -0.39 is 16.0 Å². The number of amides is 1. The zero-order valence-corrected chi connectivity index (χ0v) is 22.7. The van der Waals surface area contributed by atoms with Gasteiger partial charge >= 0.3 is 5.97 Å². The number of thiophene rings is 1. The van der Waals surface area contributed by atoms with Crippen LogP contribution in [0.1, 0.15) is 44.5 Å². The molecule has 198 valence electrons. The summed E-state index contributed by atoms with van der Waals surface area (Å²) in [5.41, 5.74) is 2.23. The highest BCUT2D eigenvalue weighted by atomic mass is 35.5. The Morgan fingerprint density at radius 2 is 1.79 bits per heavy atom. The van der Waals surface area contributed by atoms with Crippen molar-refractivity contribution in [1.29, 1.82) is 0 Å². The van der Waals surface area contributed by atoms with Crippen molar-refractivity contribution < 1.29 is 22.7 Å². The maximum atomic E-state index is 13.3. The molecule has 0 spiro atoms. The molecule has 0 radical (unpaired) electrons. The first-order valence-corrected chi connectivity index (χ1v) is 14.5. The predicted octanol–water partition coefficient (Wildman–Crippen LogP) is 3.89. The molecule has 2 aromatic carbocycles. The smallest absolute Gasteiger partial charge is 0.337 e. The lowest BCUT2D eigenvalue weighted by Gasteiger charge is -2.30. The first kappa shape index (κ1) is 26.3. The second-order valence-corrected chi connectivity index (χ2v) is 12.5. The summed E-state index contributed by atoms with van der Waals surface area (Å²) in [5, 5.41) is 11.8. The third-order valence-electron chi connectivity index (χ3n) is 6.42. The Labute approximate surface area is 228 Å². The van der Waals surface area contributed by atoms with Crippen LogP contribution in [0.15, 0.2) is 58.8 Å². The minimum Gasteiger partial charge on any atom is -0.465 e. The number of rotatable bonds is 7. The van der Waals surface area contributed by atoms with Gasteiger partial charge in [0.1, 0.15) is 9.73 Å². The highest BCUT2D eigenvalue weighted by Gasteiger charge is 2.32. The average molecular weight is 574 g/mol. The van der Waals surface area contributed by atoms with Crippen LogP contribution in [0.4, 0.5) is 0 Å². The van der Waals surface area contributed by atoms with Crippen LogP contribution in [0.5, 0.6) is 0 Å². The van der Waals surface area contributed by atoms with Crippen molar-refractivity contribution in [2.75, 3.05) is 20.2 Å². The van der Waals surface area contributed by atoms with E-state index in [0.29, 0.717) is 47.6 Å². The Hall–Kier alpha value is -3.32. The summed E-state index contributed by atoms with van der Waals surface area (Å²) in [4.78, 5) is 24.9. The number of carbonyl (C=O) groups is 2. The molecule has 1 aliphatic rings. The van der Waals surface area contributed by atoms with Crippen molar-refractivity contribution in [2.45, 2.75) is 29.6 Å². The van der Waals surface area contributed by atoms with Gasteiger partial charge < -0.3 is 10.1 Å². The number of aromatic nitrogens is 3. The molecule has 1 N–H and O–H groups in total. The molecule has 1 aliphatic heterocycles. The highest BCUT2D eigenvalue weighted by molar-refractivity contribution is 7.91. The molecule has 10 nitrogen and oxygen atoms in total. The van der Waals surface area contributed by atoms with Crippen molar-refractivity contribution >= 4 is 55.9 Å². The van der Waals surface area contributed by atoms with Crippen LogP contribution >= 0.6 is 22.9 Å². The van der Waals surface area contributed by atoms with E-state index in [9.17, 15) is 18.0 Å². The number of halogens is 1. The largest absolute Gasteiger partial charge is 0.465 e. The fraction of sp³-hybridized carbons (Fsp3) is 0.280. The summed E-state index contributed by atoms with van der Waals surface area (Å²) in [7, 11) is -2.34. The summed E-state index contributed by atoms with van der Waals surface area (Å²) in [6.45, 7) is 0.908. The molecule has 0 saturated carbocycles. The number of methoxy groups -OCH3 is 1. The zero-order valence-electron chi connectivity index (χ0n) is 20.3. The Morgan fingerprint density at radius 3 is 2.50 bits per heavy atom. The lowest BCUT2D eigenvalue weighted by atomic mass is 10.1. The van der Waals surface area contributed by atoms with Gasteiger partial charge in [0.05, 0.1) is 30.8 Å². The van der Waals surface area contributed by atoms with Crippen molar-refractivity contribution in [3.63, 3.8) is 0 Å². The lowest BCUT2D eigenvalue weighted by molar-refractivity contribution is 0.0600. The number of sulfonamides is 1. The standard InChI is InChI=1S/C25H24ClN5O5S2/c1-36-25(33)17-4-8-22-21(14-17)28-29-31(22)19-10-12-30(13-11-19)38(34,35)23-9-7-20(37-23)15-27-24(32)16-2-5-18(26)6-3-16/h2-9,14,19H,10-13,15H2,1H3,(H,27,32). The van der Waals surface area contributed by atoms with E-state index in [1.165, 1.54) is 11.4 Å². The van der Waals surface area contributed by atoms with Crippen LogP contribution in [-0.4, -0.2) is 59.8 Å². The van der Waals surface area contributed by atoms with Crippen LogP contribution in [0.2, 0.25) is 5.02 Å². The van der Waals surface area contributed by atoms with Crippen LogP contribution in [0, 0.1) is 0 Å². The van der Waals surface area contributed by atoms with Crippen LogP contribution < -0.4 is 5.32 Å². The maximum absolute atomic E-state index is 13.3. The van der Waals surface area contributed by atoms with E-state index in [4.69, 9.17) is 16.3 Å². The van der Waals surface area contributed by atoms with Gasteiger partial charge in [-0.25, -0.2) is 17.9 Å². The number of esters is 1. The van der Waals surface area contributed by atoms with Crippen LogP contribution in [0.3, 0.4) is 0 Å². The van der Waals surface area contributed by atoms with Gasteiger partial charge in [-0.1, -0.05) is 16.8 Å². The quantitative estimate of drug-likeness (QED) is 0.333. The molecular formula is C25H24ClN5O5S2. The molecular weight excluding hydrogens is 550 g/mol. The predicted molar refractivity (Wildman–Crippen MR) is 143 cm³/mol. The fourth-order valence-electron chi connectivity index (χ4n) is 4.37. The molecule has 38 heavy (non-hydrogen) atoms. The lowest BCUT2D eigenvalue weighted by Crippen LogP contribution is -2.38. The molecule has 0 bridgehead atoms. The average Bonchev–Trinajstić information content (AvgIpc) is 3.59. The molecule has 13 heteroatoms. The number of hydrogen-bond acceptors (Lipinski definition) is 8. The van der Waals surface area contributed by atoms with Crippen molar-refractivity contribution in [3.8, 4) is 0 Å². The first-order valence-electron chi connectivity index (χ1n) is 11.8. The molecule has 0 unspecified atom stereocenters. The Bertz CT molecular complexity index is 1590. The summed E-state index contributed by atoms with van der Waals surface area (Å²) < 4.78 is 34.9. The van der Waals surface area contributed by atoms with E-state index in [1.54, 1.807) is 59.3 Å². The highest BCUT2D eigenvalue weighted by Crippen LogP contribution is 2.31. The molecule has 1 fully saturated rings. The summed E-state index contributed by atoms with van der Waals surface area (Å²) >= 11 is 7.01. The number of benzene rings is 2. The number of nitrogens with zero attached hydrogens (tertiary/aromatic N) is 4. The Balaban J connectivity index is 1.21. The van der Waals surface area contributed by atoms with E-state index in [0.717, 1.165) is 21.7 Å². The van der Waals surface area contributed by atoms with Gasteiger partial charge in [0.2, 0.25) is 0 Å². The molecule has 4 aromatic rings. The monoisotopic (exact) mass is 573 g/mol. The minimum absolute atomic E-state index is 0.0163. The van der Waals surface area contributed by atoms with Gasteiger partial charge in [-0.2, -0.15) is 4.31 Å². The van der Waals surface area contributed by atoms with E-state index in [-0.39, 0.29) is 22.7 Å². The number of piperidine rings is 1. The van der Waals surface area contributed by atoms with E-state index in [2.05, 4.69) is 15.6 Å². The second kappa shape index (κ2) is 10.8. The van der Waals surface area contributed by atoms with E-state index >= 15 is 0 Å². The van der Waals surface area contributed by atoms with Crippen LogP contribution in [-0.2, 0) is 21.3 Å². The second-order valence-electron chi connectivity index (χ2n) is 8.77. The molecule has 0 atom stereocenters. The van der Waals surface area contributed by atoms with E-state index in [1.807, 2.05) is 0 Å². The zero-order chi connectivity index (χ0) is 26.9. The molecule has 5 rings (SSSR count). The van der Waals surface area contributed by atoms with Gasteiger partial charge in [0.15, 0.2) is 0 Å².